The van der Waals surface area contributed by atoms with Crippen LogP contribution in [-0.4, -0.2) is 50.7 Å². The Morgan fingerprint density at radius 3 is 2.70 bits per heavy atom. The first-order chi connectivity index (χ1) is 9.74. The Morgan fingerprint density at radius 2 is 2.05 bits per heavy atom. The Labute approximate surface area is 135 Å². The van der Waals surface area contributed by atoms with Crippen LogP contribution in [0.5, 0.6) is 0 Å². The van der Waals surface area contributed by atoms with Crippen molar-refractivity contribution in [1.29, 1.82) is 0 Å². The lowest BCUT2D eigenvalue weighted by Crippen LogP contribution is -2.37. The van der Waals surface area contributed by atoms with E-state index in [0.717, 1.165) is 13.1 Å². The summed E-state index contributed by atoms with van der Waals surface area (Å²) in [4.78, 5) is 15.1. The number of aliphatic hydroxyl groups is 1. The van der Waals surface area contributed by atoms with E-state index in [1.165, 1.54) is 0 Å². The third-order valence-electron chi connectivity index (χ3n) is 3.07. The van der Waals surface area contributed by atoms with Crippen molar-refractivity contribution in [2.24, 2.45) is 0 Å². The maximum Gasteiger partial charge on any atom is 0.226 e. The van der Waals surface area contributed by atoms with Crippen molar-refractivity contribution in [1.82, 2.24) is 19.3 Å². The van der Waals surface area contributed by atoms with Crippen molar-refractivity contribution in [2.75, 3.05) is 31.2 Å². The molecule has 1 unspecified atom stereocenters. The highest BCUT2D eigenvalue weighted by Gasteiger charge is 2.22. The normalized spacial score (nSPS) is 16.6. The first kappa shape index (κ1) is 14.6. The summed E-state index contributed by atoms with van der Waals surface area (Å²) in [5, 5.41) is 9.62. The van der Waals surface area contributed by atoms with Crippen LogP contribution in [-0.2, 0) is 11.3 Å². The quantitative estimate of drug-likeness (QED) is 0.456. The van der Waals surface area contributed by atoms with Crippen molar-refractivity contribution in [3.63, 3.8) is 0 Å². The average Bonchev–Trinajstić information content (AvgIpc) is 2.84. The predicted molar refractivity (Wildman–Crippen MR) is 87.0 cm³/mol. The summed E-state index contributed by atoms with van der Waals surface area (Å²) in [6.07, 6.45) is 0.388. The first-order valence-electron chi connectivity index (χ1n) is 5.99. The molecule has 108 valence electrons. The number of fused-ring (bicyclic) bond motifs is 1. The fourth-order valence-corrected chi connectivity index (χ4v) is 4.29. The van der Waals surface area contributed by atoms with Gasteiger partial charge in [0.2, 0.25) is 5.28 Å². The molecule has 1 aliphatic heterocycles. The molecule has 0 saturated carbocycles. The molecule has 10 heteroatoms. The summed E-state index contributed by atoms with van der Waals surface area (Å²) >= 11 is 8.27. The number of halogens is 2. The number of imidazole rings is 1. The molecule has 1 N–H and O–H groups in total. The zero-order valence-corrected chi connectivity index (χ0v) is 14.3. The molecule has 0 spiro atoms. The van der Waals surface area contributed by atoms with E-state index < -0.39 is 0 Å². The lowest BCUT2D eigenvalue weighted by Gasteiger charge is -2.27. The highest BCUT2D eigenvalue weighted by molar-refractivity contribution is 14.2. The summed E-state index contributed by atoms with van der Waals surface area (Å²) < 4.78 is 7.22. The number of rotatable bonds is 3. The SMILES string of the molecule is OCc1nc2c(N3CCOCC3)nc(Cl)nc2n1PI. The number of morpholine rings is 1. The molecule has 1 aliphatic rings. The highest BCUT2D eigenvalue weighted by Crippen LogP contribution is 2.34. The summed E-state index contributed by atoms with van der Waals surface area (Å²) in [5.74, 6) is 1.30. The van der Waals surface area contributed by atoms with E-state index in [-0.39, 0.29) is 11.9 Å². The molecule has 0 bridgehead atoms. The van der Waals surface area contributed by atoms with E-state index in [0.29, 0.717) is 42.4 Å². The molecule has 2 aromatic heterocycles. The number of anilines is 1. The summed E-state index contributed by atoms with van der Waals surface area (Å²) in [7, 11) is 0. The topological polar surface area (TPSA) is 76.3 Å². The molecular weight excluding hydrogens is 415 g/mol. The molecule has 20 heavy (non-hydrogen) atoms. The lowest BCUT2D eigenvalue weighted by molar-refractivity contribution is 0.122. The smallest absolute Gasteiger partial charge is 0.226 e. The second kappa shape index (κ2) is 6.23. The van der Waals surface area contributed by atoms with Crippen LogP contribution in [0.4, 0.5) is 5.82 Å². The van der Waals surface area contributed by atoms with Gasteiger partial charge in [0.15, 0.2) is 17.0 Å². The second-order valence-corrected chi connectivity index (χ2v) is 6.60. The van der Waals surface area contributed by atoms with E-state index in [1.807, 2.05) is 4.34 Å². The summed E-state index contributed by atoms with van der Waals surface area (Å²) in [6.45, 7) is 2.68. The van der Waals surface area contributed by atoms with Crippen LogP contribution in [0.3, 0.4) is 0 Å². The fraction of sp³-hybridized carbons (Fsp3) is 0.500. The minimum absolute atomic E-state index is 0.132. The van der Waals surface area contributed by atoms with Gasteiger partial charge in [-0.15, -0.1) is 0 Å². The van der Waals surface area contributed by atoms with Crippen LogP contribution < -0.4 is 4.90 Å². The molecule has 3 rings (SSSR count). The van der Waals surface area contributed by atoms with E-state index in [4.69, 9.17) is 16.3 Å². The van der Waals surface area contributed by atoms with E-state index in [9.17, 15) is 5.11 Å². The van der Waals surface area contributed by atoms with Crippen molar-refractivity contribution in [2.45, 2.75) is 6.61 Å². The maximum atomic E-state index is 9.42. The third-order valence-corrected chi connectivity index (χ3v) is 5.32. The third kappa shape index (κ3) is 2.59. The van der Waals surface area contributed by atoms with E-state index >= 15 is 0 Å². The number of aromatic nitrogens is 4. The molecular formula is C10H12ClIN5O2P. The van der Waals surface area contributed by atoms with Gasteiger partial charge in [-0.05, 0) is 33.6 Å². The lowest BCUT2D eigenvalue weighted by atomic mass is 10.4. The zero-order chi connectivity index (χ0) is 14.1. The average molecular weight is 428 g/mol. The summed E-state index contributed by atoms with van der Waals surface area (Å²) in [6, 6.07) is 0. The van der Waals surface area contributed by atoms with Crippen molar-refractivity contribution >= 4 is 57.0 Å². The minimum Gasteiger partial charge on any atom is -0.388 e. The monoisotopic (exact) mass is 427 g/mol. The number of ether oxygens (including phenoxy) is 1. The fourth-order valence-electron chi connectivity index (χ4n) is 2.15. The molecule has 2 aromatic rings. The first-order valence-corrected chi connectivity index (χ1v) is 10.4. The molecule has 1 atom stereocenters. The number of hydrogen-bond acceptors (Lipinski definition) is 6. The largest absolute Gasteiger partial charge is 0.388 e. The van der Waals surface area contributed by atoms with E-state index in [1.54, 1.807) is 0 Å². The highest BCUT2D eigenvalue weighted by atomic mass is 127. The Balaban J connectivity index is 2.18. The molecule has 0 aliphatic carbocycles. The van der Waals surface area contributed by atoms with Crippen LogP contribution in [0.25, 0.3) is 11.2 Å². The van der Waals surface area contributed by atoms with Gasteiger partial charge in [0.1, 0.15) is 12.4 Å². The summed E-state index contributed by atoms with van der Waals surface area (Å²) in [5.41, 5.74) is 1.35. The van der Waals surface area contributed by atoms with Crippen molar-refractivity contribution in [3.8, 4) is 0 Å². The van der Waals surface area contributed by atoms with Gasteiger partial charge < -0.3 is 14.7 Å². The molecule has 0 radical (unpaired) electrons. The maximum absolute atomic E-state index is 9.42. The molecule has 1 fully saturated rings. The van der Waals surface area contributed by atoms with Crippen LogP contribution in [0.2, 0.25) is 5.28 Å². The zero-order valence-electron chi connectivity index (χ0n) is 10.4. The number of hydrogen-bond donors (Lipinski definition) is 1. The minimum atomic E-state index is -0.132. The van der Waals surface area contributed by atoms with Crippen molar-refractivity contribution < 1.29 is 9.84 Å². The van der Waals surface area contributed by atoms with Crippen molar-refractivity contribution in [3.05, 3.63) is 11.1 Å². The van der Waals surface area contributed by atoms with Gasteiger partial charge >= 0.3 is 0 Å². The van der Waals surface area contributed by atoms with Gasteiger partial charge in [0.25, 0.3) is 0 Å². The molecule has 3 heterocycles. The van der Waals surface area contributed by atoms with Gasteiger partial charge in [-0.1, -0.05) is 0 Å². The van der Waals surface area contributed by atoms with Crippen LogP contribution >= 0.6 is 40.0 Å². The predicted octanol–water partition coefficient (Wildman–Crippen LogP) is 1.60. The second-order valence-electron chi connectivity index (χ2n) is 4.19. The van der Waals surface area contributed by atoms with Gasteiger partial charge in [-0.25, -0.2) is 4.98 Å². The van der Waals surface area contributed by atoms with Crippen LogP contribution in [0, 0.1) is 0 Å². The number of aliphatic hydroxyl groups excluding tert-OH is 1. The Bertz CT molecular complexity index is 634. The molecule has 7 nitrogen and oxygen atoms in total. The van der Waals surface area contributed by atoms with Gasteiger partial charge in [0, 0.05) is 13.1 Å². The number of nitrogens with zero attached hydrogens (tertiary/aromatic N) is 5. The van der Waals surface area contributed by atoms with Crippen LogP contribution in [0.1, 0.15) is 5.82 Å². The van der Waals surface area contributed by atoms with Gasteiger partial charge in [0.05, 0.1) is 19.6 Å². The molecule has 0 aromatic carbocycles. The van der Waals surface area contributed by atoms with Gasteiger partial charge in [-0.3, -0.25) is 4.34 Å². The molecule has 1 saturated heterocycles. The van der Waals surface area contributed by atoms with Crippen LogP contribution in [0.15, 0.2) is 0 Å². The Kier molecular flexibility index (Phi) is 4.56. The standard InChI is InChI=1S/C10H12ClIN5O2P/c11-10-14-8(16-1-3-19-4-2-16)7-9(15-10)17(20-12)6(5-18)13-7/h18,20H,1-5H2. The molecule has 0 amide bonds. The van der Waals surface area contributed by atoms with E-state index in [2.05, 4.69) is 41.9 Å². The Morgan fingerprint density at radius 1 is 1.30 bits per heavy atom. The van der Waals surface area contributed by atoms with Gasteiger partial charge in [-0.2, -0.15) is 9.97 Å². The Hall–Kier alpha value is -0.280.